The number of ether oxygens (including phenoxy) is 1. The minimum absolute atomic E-state index is 0.0406. The van der Waals surface area contributed by atoms with Crippen molar-refractivity contribution < 1.29 is 14.5 Å². The Balaban J connectivity index is 3.48. The first kappa shape index (κ1) is 12.9. The van der Waals surface area contributed by atoms with Gasteiger partial charge in [-0.15, -0.1) is 0 Å². The molecule has 0 amide bonds. The van der Waals surface area contributed by atoms with Crippen molar-refractivity contribution >= 4 is 39.0 Å². The number of nitro benzene ring substituents is 1. The highest BCUT2D eigenvalue weighted by Gasteiger charge is 2.25. The third kappa shape index (κ3) is 2.33. The maximum Gasteiger partial charge on any atom is 0.282 e. The maximum absolute atomic E-state index is 11.5. The van der Waals surface area contributed by atoms with Crippen LogP contribution in [-0.4, -0.2) is 23.1 Å². The lowest BCUT2D eigenvalue weighted by Crippen LogP contribution is -2.06. The molecular weight excluding hydrogens is 301 g/mol. The highest BCUT2D eigenvalue weighted by molar-refractivity contribution is 9.09. The van der Waals surface area contributed by atoms with Crippen molar-refractivity contribution in [2.24, 2.45) is 0 Å². The number of alkyl halides is 1. The third-order valence-corrected chi connectivity index (χ3v) is 2.79. The SMILES string of the molecule is COc1ccc([N+](=O)[O-])c(C(=O)CBr)c1Cl. The van der Waals surface area contributed by atoms with Gasteiger partial charge in [0.2, 0.25) is 0 Å². The van der Waals surface area contributed by atoms with Gasteiger partial charge >= 0.3 is 0 Å². The summed E-state index contributed by atoms with van der Waals surface area (Å²) in [6.45, 7) is 0. The van der Waals surface area contributed by atoms with Crippen LogP contribution in [0, 0.1) is 10.1 Å². The number of rotatable bonds is 4. The lowest BCUT2D eigenvalue weighted by Gasteiger charge is -2.07. The zero-order valence-electron chi connectivity index (χ0n) is 8.20. The molecule has 0 aliphatic rings. The summed E-state index contributed by atoms with van der Waals surface area (Å²) in [5.74, 6) is -0.229. The van der Waals surface area contributed by atoms with Crippen LogP contribution in [0.2, 0.25) is 5.02 Å². The minimum atomic E-state index is -0.652. The first-order valence-corrected chi connectivity index (χ1v) is 5.63. The molecule has 86 valence electrons. The predicted molar refractivity (Wildman–Crippen MR) is 62.8 cm³/mol. The fraction of sp³-hybridized carbons (Fsp3) is 0.222. The van der Waals surface area contributed by atoms with E-state index >= 15 is 0 Å². The van der Waals surface area contributed by atoms with E-state index in [2.05, 4.69) is 15.9 Å². The van der Waals surface area contributed by atoms with Gasteiger partial charge in [-0.1, -0.05) is 27.5 Å². The Labute approximate surface area is 105 Å². The lowest BCUT2D eigenvalue weighted by atomic mass is 10.1. The minimum Gasteiger partial charge on any atom is -0.495 e. The Bertz CT molecular complexity index is 449. The fourth-order valence-electron chi connectivity index (χ4n) is 1.19. The number of halogens is 2. The molecule has 7 heteroatoms. The molecule has 0 saturated heterocycles. The van der Waals surface area contributed by atoms with E-state index in [4.69, 9.17) is 16.3 Å². The molecule has 5 nitrogen and oxygen atoms in total. The van der Waals surface area contributed by atoms with Gasteiger partial charge < -0.3 is 4.74 Å². The monoisotopic (exact) mass is 307 g/mol. The first-order valence-electron chi connectivity index (χ1n) is 4.13. The molecule has 0 aliphatic carbocycles. The van der Waals surface area contributed by atoms with E-state index < -0.39 is 10.7 Å². The summed E-state index contributed by atoms with van der Waals surface area (Å²) in [5, 5.41) is 10.7. The van der Waals surface area contributed by atoms with Crippen LogP contribution in [0.15, 0.2) is 12.1 Å². The van der Waals surface area contributed by atoms with Gasteiger partial charge in [0.15, 0.2) is 5.78 Å². The van der Waals surface area contributed by atoms with Gasteiger partial charge in [-0.25, -0.2) is 0 Å². The second-order valence-corrected chi connectivity index (χ2v) is 3.73. The van der Waals surface area contributed by atoms with Crippen LogP contribution in [0.1, 0.15) is 10.4 Å². The van der Waals surface area contributed by atoms with Crippen molar-refractivity contribution in [1.82, 2.24) is 0 Å². The number of Topliss-reactive ketones (excluding diaryl/α,β-unsaturated/α-hetero) is 1. The van der Waals surface area contributed by atoms with Crippen molar-refractivity contribution in [3.63, 3.8) is 0 Å². The molecule has 0 aliphatic heterocycles. The summed E-state index contributed by atoms with van der Waals surface area (Å²) in [6, 6.07) is 2.55. The van der Waals surface area contributed by atoms with Gasteiger partial charge in [-0.05, 0) is 6.07 Å². The highest BCUT2D eigenvalue weighted by Crippen LogP contribution is 2.35. The van der Waals surface area contributed by atoms with Crippen molar-refractivity contribution in [2.45, 2.75) is 0 Å². The van der Waals surface area contributed by atoms with E-state index in [1.807, 2.05) is 0 Å². The molecule has 16 heavy (non-hydrogen) atoms. The number of carbonyl (C=O) groups is 1. The van der Waals surface area contributed by atoms with E-state index in [-0.39, 0.29) is 27.4 Å². The lowest BCUT2D eigenvalue weighted by molar-refractivity contribution is -0.385. The molecule has 0 unspecified atom stereocenters. The Morgan fingerprint density at radius 1 is 1.62 bits per heavy atom. The Hall–Kier alpha value is -1.14. The van der Waals surface area contributed by atoms with Gasteiger partial charge in [0.25, 0.3) is 5.69 Å². The van der Waals surface area contributed by atoms with E-state index in [0.29, 0.717) is 0 Å². The summed E-state index contributed by atoms with van der Waals surface area (Å²) in [6.07, 6.45) is 0. The predicted octanol–water partition coefficient (Wildman–Crippen LogP) is 2.83. The van der Waals surface area contributed by atoms with Crippen LogP contribution in [0.5, 0.6) is 5.75 Å². The molecule has 1 rings (SSSR count). The Morgan fingerprint density at radius 2 is 2.25 bits per heavy atom. The smallest absolute Gasteiger partial charge is 0.282 e. The Kier molecular flexibility index (Phi) is 4.26. The summed E-state index contributed by atoms with van der Waals surface area (Å²) >= 11 is 8.80. The number of methoxy groups -OCH3 is 1. The van der Waals surface area contributed by atoms with Crippen LogP contribution < -0.4 is 4.74 Å². The molecular formula is C9H7BrClNO4. The first-order chi connectivity index (χ1) is 7.52. The van der Waals surface area contributed by atoms with E-state index in [9.17, 15) is 14.9 Å². The van der Waals surface area contributed by atoms with Crippen molar-refractivity contribution in [3.8, 4) is 5.75 Å². The van der Waals surface area contributed by atoms with E-state index in [1.54, 1.807) is 0 Å². The quantitative estimate of drug-likeness (QED) is 0.371. The van der Waals surface area contributed by atoms with Crippen LogP contribution in [0.25, 0.3) is 0 Å². The number of hydrogen-bond donors (Lipinski definition) is 0. The second kappa shape index (κ2) is 5.27. The molecule has 0 bridgehead atoms. The zero-order valence-corrected chi connectivity index (χ0v) is 10.5. The van der Waals surface area contributed by atoms with Crippen molar-refractivity contribution in [1.29, 1.82) is 0 Å². The molecule has 0 saturated carbocycles. The summed E-state index contributed by atoms with van der Waals surface area (Å²) < 4.78 is 4.89. The largest absolute Gasteiger partial charge is 0.495 e. The molecule has 0 aromatic heterocycles. The normalized spacial score (nSPS) is 9.94. The third-order valence-electron chi connectivity index (χ3n) is 1.90. The number of ketones is 1. The van der Waals surface area contributed by atoms with Gasteiger partial charge in [0, 0.05) is 6.07 Å². The molecule has 0 radical (unpaired) electrons. The molecule has 1 aromatic rings. The second-order valence-electron chi connectivity index (χ2n) is 2.79. The van der Waals surface area contributed by atoms with E-state index in [1.165, 1.54) is 19.2 Å². The molecule has 1 aromatic carbocycles. The van der Waals surface area contributed by atoms with Crippen molar-refractivity contribution in [2.75, 3.05) is 12.4 Å². The summed E-state index contributed by atoms with van der Waals surface area (Å²) in [4.78, 5) is 21.6. The molecule has 0 atom stereocenters. The average molecular weight is 309 g/mol. The summed E-state index contributed by atoms with van der Waals surface area (Å²) in [5.41, 5.74) is -0.460. The zero-order chi connectivity index (χ0) is 12.3. The van der Waals surface area contributed by atoms with Crippen LogP contribution in [0.3, 0.4) is 0 Å². The fourth-order valence-corrected chi connectivity index (χ4v) is 1.81. The topological polar surface area (TPSA) is 69.4 Å². The maximum atomic E-state index is 11.5. The number of nitrogens with zero attached hydrogens (tertiary/aromatic N) is 1. The van der Waals surface area contributed by atoms with Gasteiger partial charge in [-0.3, -0.25) is 14.9 Å². The van der Waals surface area contributed by atoms with Gasteiger partial charge in [0.05, 0.1) is 17.4 Å². The molecule has 0 heterocycles. The molecule has 0 N–H and O–H groups in total. The van der Waals surface area contributed by atoms with Crippen LogP contribution in [0.4, 0.5) is 5.69 Å². The molecule has 0 spiro atoms. The van der Waals surface area contributed by atoms with Gasteiger partial charge in [-0.2, -0.15) is 0 Å². The standard InChI is InChI=1S/C9H7BrClNO4/c1-16-7-3-2-5(12(14)15)8(9(7)11)6(13)4-10/h2-3H,4H2,1H3. The summed E-state index contributed by atoms with van der Waals surface area (Å²) in [7, 11) is 1.37. The number of nitro groups is 1. The Morgan fingerprint density at radius 3 is 2.69 bits per heavy atom. The number of carbonyl (C=O) groups excluding carboxylic acids is 1. The average Bonchev–Trinajstić information content (AvgIpc) is 2.27. The molecule has 0 fully saturated rings. The van der Waals surface area contributed by atoms with Gasteiger partial charge in [0.1, 0.15) is 16.3 Å². The van der Waals surface area contributed by atoms with E-state index in [0.717, 1.165) is 0 Å². The van der Waals surface area contributed by atoms with Crippen molar-refractivity contribution in [3.05, 3.63) is 32.8 Å². The number of benzene rings is 1. The van der Waals surface area contributed by atoms with Crippen LogP contribution >= 0.6 is 27.5 Å². The number of hydrogen-bond acceptors (Lipinski definition) is 4. The highest BCUT2D eigenvalue weighted by atomic mass is 79.9. The van der Waals surface area contributed by atoms with Crippen LogP contribution in [-0.2, 0) is 0 Å².